The van der Waals surface area contributed by atoms with Gasteiger partial charge in [-0.05, 0) is 56.2 Å². The highest BCUT2D eigenvalue weighted by Crippen LogP contribution is 2.09. The molecule has 2 aromatic carbocycles. The number of unbranched alkanes of at least 4 members (excludes halogenated alkanes) is 1. The molecule has 0 bridgehead atoms. The summed E-state index contributed by atoms with van der Waals surface area (Å²) in [6.07, 6.45) is 1.80. The van der Waals surface area contributed by atoms with Gasteiger partial charge in [0.1, 0.15) is 5.82 Å². The van der Waals surface area contributed by atoms with Gasteiger partial charge in [0, 0.05) is 18.8 Å². The number of hydrazine groups is 1. The number of hydrogen-bond donors (Lipinski definition) is 2. The fourth-order valence-electron chi connectivity index (χ4n) is 2.82. The predicted molar refractivity (Wildman–Crippen MR) is 103 cm³/mol. The average Bonchev–Trinajstić information content (AvgIpc) is 2.67. The maximum atomic E-state index is 12.6. The first-order valence-corrected chi connectivity index (χ1v) is 8.64. The number of aryl methyl sites for hydroxylation is 1. The Bertz CT molecular complexity index is 986. The molecule has 132 valence electrons. The van der Waals surface area contributed by atoms with E-state index in [2.05, 4.69) is 21.9 Å². The van der Waals surface area contributed by atoms with E-state index in [4.69, 9.17) is 5.26 Å². The summed E-state index contributed by atoms with van der Waals surface area (Å²) in [4.78, 5) is 17.1. The molecule has 1 heterocycles. The maximum absolute atomic E-state index is 12.6. The van der Waals surface area contributed by atoms with Crippen LogP contribution in [0, 0.1) is 18.3 Å². The zero-order valence-corrected chi connectivity index (χ0v) is 14.7. The molecule has 0 unspecified atom stereocenters. The number of anilines is 1. The van der Waals surface area contributed by atoms with E-state index in [1.54, 1.807) is 16.7 Å². The molecule has 6 nitrogen and oxygen atoms in total. The molecule has 0 fully saturated rings. The van der Waals surface area contributed by atoms with Gasteiger partial charge in [0.15, 0.2) is 0 Å². The summed E-state index contributed by atoms with van der Waals surface area (Å²) in [6.45, 7) is 3.30. The minimum atomic E-state index is 0.0248. The van der Waals surface area contributed by atoms with Gasteiger partial charge in [0.2, 0.25) is 0 Å². The summed E-state index contributed by atoms with van der Waals surface area (Å²) in [5.74, 6) is 0.748. The number of benzene rings is 2. The van der Waals surface area contributed by atoms with E-state index in [0.29, 0.717) is 17.5 Å². The van der Waals surface area contributed by atoms with Crippen LogP contribution in [-0.2, 0) is 6.54 Å². The molecule has 0 amide bonds. The van der Waals surface area contributed by atoms with Gasteiger partial charge in [-0.1, -0.05) is 12.1 Å². The fraction of sp³-hybridized carbons (Fsp3) is 0.250. The van der Waals surface area contributed by atoms with Gasteiger partial charge in [-0.15, -0.1) is 0 Å². The topological polar surface area (TPSA) is 82.7 Å². The lowest BCUT2D eigenvalue weighted by molar-refractivity contribution is 0.562. The van der Waals surface area contributed by atoms with Crippen LogP contribution < -0.4 is 16.4 Å². The van der Waals surface area contributed by atoms with Gasteiger partial charge >= 0.3 is 0 Å². The summed E-state index contributed by atoms with van der Waals surface area (Å²) in [5.41, 5.74) is 8.58. The predicted octanol–water partition coefficient (Wildman–Crippen LogP) is 2.97. The van der Waals surface area contributed by atoms with Crippen LogP contribution in [0.4, 0.5) is 5.69 Å². The Morgan fingerprint density at radius 3 is 2.65 bits per heavy atom. The number of nitrogens with zero attached hydrogens (tertiary/aromatic N) is 3. The molecule has 0 atom stereocenters. The van der Waals surface area contributed by atoms with Crippen molar-refractivity contribution in [3.05, 3.63) is 70.3 Å². The molecule has 3 rings (SSSR count). The average molecular weight is 347 g/mol. The third kappa shape index (κ3) is 4.08. The van der Waals surface area contributed by atoms with Crippen LogP contribution in [-0.4, -0.2) is 16.1 Å². The van der Waals surface area contributed by atoms with Gasteiger partial charge in [-0.25, -0.2) is 10.4 Å². The number of aromatic nitrogens is 2. The van der Waals surface area contributed by atoms with Gasteiger partial charge in [-0.3, -0.25) is 9.36 Å². The number of nitriles is 1. The van der Waals surface area contributed by atoms with E-state index >= 15 is 0 Å². The highest BCUT2D eigenvalue weighted by atomic mass is 16.1. The lowest BCUT2D eigenvalue weighted by Crippen LogP contribution is -2.26. The van der Waals surface area contributed by atoms with Gasteiger partial charge < -0.3 is 5.43 Å². The molecule has 6 heteroatoms. The summed E-state index contributed by atoms with van der Waals surface area (Å²) >= 11 is 0. The minimum absolute atomic E-state index is 0.0248. The molecule has 0 spiro atoms. The molecular formula is C20H21N5O. The van der Waals surface area contributed by atoms with Crippen LogP contribution in [0.2, 0.25) is 0 Å². The summed E-state index contributed by atoms with van der Waals surface area (Å²) in [5, 5.41) is 9.44. The monoisotopic (exact) mass is 347 g/mol. The minimum Gasteiger partial charge on any atom is -0.322 e. The molecule has 0 saturated heterocycles. The molecular weight excluding hydrogens is 326 g/mol. The zero-order valence-electron chi connectivity index (χ0n) is 14.7. The number of rotatable bonds is 7. The van der Waals surface area contributed by atoms with E-state index in [0.717, 1.165) is 36.4 Å². The summed E-state index contributed by atoms with van der Waals surface area (Å²) < 4.78 is 1.75. The molecule has 2 N–H and O–H groups in total. The van der Waals surface area contributed by atoms with E-state index in [-0.39, 0.29) is 5.56 Å². The second-order valence-corrected chi connectivity index (χ2v) is 6.08. The normalized spacial score (nSPS) is 10.6. The highest BCUT2D eigenvalue weighted by molar-refractivity contribution is 5.77. The first-order chi connectivity index (χ1) is 12.7. The number of fused-ring (bicyclic) bond motifs is 1. The Labute approximate surface area is 152 Å². The molecule has 0 radical (unpaired) electrons. The van der Waals surface area contributed by atoms with Crippen LogP contribution >= 0.6 is 0 Å². The van der Waals surface area contributed by atoms with Crippen molar-refractivity contribution >= 4 is 16.6 Å². The van der Waals surface area contributed by atoms with Gasteiger partial charge in [0.05, 0.1) is 22.5 Å². The van der Waals surface area contributed by atoms with E-state index < -0.39 is 0 Å². The van der Waals surface area contributed by atoms with E-state index in [9.17, 15) is 4.79 Å². The second kappa shape index (κ2) is 8.28. The van der Waals surface area contributed by atoms with Gasteiger partial charge in [-0.2, -0.15) is 5.26 Å². The second-order valence-electron chi connectivity index (χ2n) is 6.08. The van der Waals surface area contributed by atoms with Crippen molar-refractivity contribution in [1.82, 2.24) is 15.0 Å². The van der Waals surface area contributed by atoms with Crippen LogP contribution in [0.1, 0.15) is 24.2 Å². The quantitative estimate of drug-likeness (QED) is 0.507. The molecule has 3 aromatic rings. The number of nitrogens with one attached hydrogen (secondary N) is 2. The fourth-order valence-corrected chi connectivity index (χ4v) is 2.82. The largest absolute Gasteiger partial charge is 0.322 e. The molecule has 0 aliphatic rings. The lowest BCUT2D eigenvalue weighted by atomic mass is 10.2. The Morgan fingerprint density at radius 2 is 1.88 bits per heavy atom. The van der Waals surface area contributed by atoms with Gasteiger partial charge in [0.25, 0.3) is 5.56 Å². The maximum Gasteiger partial charge on any atom is 0.261 e. The molecule has 0 saturated carbocycles. The Kier molecular flexibility index (Phi) is 5.62. The highest BCUT2D eigenvalue weighted by Gasteiger charge is 2.07. The van der Waals surface area contributed by atoms with Crippen molar-refractivity contribution < 1.29 is 0 Å². The van der Waals surface area contributed by atoms with Crippen molar-refractivity contribution in [3.8, 4) is 6.07 Å². The lowest BCUT2D eigenvalue weighted by Gasteiger charge is -2.11. The Hall–Kier alpha value is -3.17. The van der Waals surface area contributed by atoms with Crippen molar-refractivity contribution in [2.24, 2.45) is 0 Å². The first-order valence-electron chi connectivity index (χ1n) is 8.64. The van der Waals surface area contributed by atoms with Crippen LogP contribution in [0.5, 0.6) is 0 Å². The van der Waals surface area contributed by atoms with Crippen molar-refractivity contribution in [1.29, 1.82) is 5.26 Å². The molecule has 26 heavy (non-hydrogen) atoms. The Morgan fingerprint density at radius 1 is 1.12 bits per heavy atom. The van der Waals surface area contributed by atoms with Crippen molar-refractivity contribution in [2.75, 3.05) is 12.0 Å². The Balaban J connectivity index is 1.48. The molecule has 0 aliphatic carbocycles. The standard InChI is InChI=1S/C20H21N5O/c1-15-23-19-7-3-2-6-18(19)20(26)25(15)13-5-4-12-22-24-17-10-8-16(14-21)9-11-17/h2-3,6-11,22,24H,4-5,12-13H2,1H3. The van der Waals surface area contributed by atoms with Crippen molar-refractivity contribution in [2.45, 2.75) is 26.3 Å². The van der Waals surface area contributed by atoms with E-state index in [1.807, 2.05) is 43.3 Å². The zero-order chi connectivity index (χ0) is 18.4. The van der Waals surface area contributed by atoms with Crippen molar-refractivity contribution in [3.63, 3.8) is 0 Å². The number of para-hydroxylation sites is 1. The van der Waals surface area contributed by atoms with E-state index in [1.165, 1.54) is 0 Å². The summed E-state index contributed by atoms with van der Waals surface area (Å²) in [6, 6.07) is 16.8. The third-order valence-corrected chi connectivity index (χ3v) is 4.23. The number of hydrogen-bond acceptors (Lipinski definition) is 5. The summed E-state index contributed by atoms with van der Waals surface area (Å²) in [7, 11) is 0. The first kappa shape index (κ1) is 17.6. The molecule has 0 aliphatic heterocycles. The SMILES string of the molecule is Cc1nc2ccccc2c(=O)n1CCCCNNc1ccc(C#N)cc1. The van der Waals surface area contributed by atoms with Crippen LogP contribution in [0.3, 0.4) is 0 Å². The third-order valence-electron chi connectivity index (χ3n) is 4.23. The van der Waals surface area contributed by atoms with Crippen LogP contribution in [0.25, 0.3) is 10.9 Å². The smallest absolute Gasteiger partial charge is 0.261 e. The van der Waals surface area contributed by atoms with Crippen LogP contribution in [0.15, 0.2) is 53.3 Å². The molecule has 1 aromatic heterocycles.